The molecule has 0 aromatic heterocycles. The second kappa shape index (κ2) is 4.90. The Morgan fingerprint density at radius 3 is 2.26 bits per heavy atom. The van der Waals surface area contributed by atoms with Crippen LogP contribution in [0.5, 0.6) is 0 Å². The molecule has 2 saturated carbocycles. The van der Waals surface area contributed by atoms with Crippen molar-refractivity contribution in [2.75, 3.05) is 0 Å². The van der Waals surface area contributed by atoms with Gasteiger partial charge in [0, 0.05) is 5.92 Å². The number of alkyl halides is 1. The van der Waals surface area contributed by atoms with Crippen molar-refractivity contribution in [2.24, 2.45) is 28.1 Å². The predicted molar refractivity (Wildman–Crippen MR) is 92.3 cm³/mol. The summed E-state index contributed by atoms with van der Waals surface area (Å²) in [6.45, 7) is 6.36. The zero-order valence-electron chi connectivity index (χ0n) is 17.2. The Hall–Kier alpha value is -1.82. The largest absolute Gasteiger partial charge is 0.456 e. The Morgan fingerprint density at radius 2 is 1.65 bits per heavy atom. The first-order valence-corrected chi connectivity index (χ1v) is 10.3. The fourth-order valence-electron chi connectivity index (χ4n) is 8.19. The van der Waals surface area contributed by atoms with Gasteiger partial charge >= 0.3 is 17.9 Å². The van der Waals surface area contributed by atoms with Crippen LogP contribution in [0.2, 0.25) is 0 Å². The second-order valence-corrected chi connectivity index (χ2v) is 10.7. The van der Waals surface area contributed by atoms with Crippen molar-refractivity contribution >= 4 is 17.9 Å². The molecule has 11 heteroatoms. The van der Waals surface area contributed by atoms with Crippen LogP contribution in [-0.4, -0.2) is 81.3 Å². The van der Waals surface area contributed by atoms with Crippen LogP contribution in [-0.2, 0) is 33.3 Å². The zero-order chi connectivity index (χ0) is 22.7. The Morgan fingerprint density at radius 1 is 1.00 bits per heavy atom. The number of rotatable bonds is 0. The first-order chi connectivity index (χ1) is 14.3. The average molecular weight is 442 g/mol. The summed E-state index contributed by atoms with van der Waals surface area (Å²) in [6.07, 6.45) is -10.7. The molecule has 0 radical (unpaired) electrons. The number of fused-ring (bicyclic) bond motifs is 1. The van der Waals surface area contributed by atoms with E-state index in [1.165, 1.54) is 6.92 Å². The van der Waals surface area contributed by atoms with Crippen LogP contribution in [0.1, 0.15) is 27.7 Å². The highest BCUT2D eigenvalue weighted by Crippen LogP contribution is 2.84. The summed E-state index contributed by atoms with van der Waals surface area (Å²) >= 11 is 0. The minimum absolute atomic E-state index is 0.874. The fourth-order valence-corrected chi connectivity index (χ4v) is 8.19. The van der Waals surface area contributed by atoms with Gasteiger partial charge in [0.15, 0.2) is 17.8 Å². The number of hydrogen-bond donors (Lipinski definition) is 3. The topological polar surface area (TPSA) is 149 Å². The molecule has 4 saturated heterocycles. The lowest BCUT2D eigenvalue weighted by Gasteiger charge is -2.47. The molecule has 2 spiro atoms. The van der Waals surface area contributed by atoms with Crippen LogP contribution in [0.4, 0.5) is 4.39 Å². The molecule has 0 amide bonds. The number of hydrogen-bond acceptors (Lipinski definition) is 10. The van der Waals surface area contributed by atoms with Crippen molar-refractivity contribution in [1.82, 2.24) is 0 Å². The molecule has 4 heterocycles. The maximum Gasteiger partial charge on any atom is 0.343 e. The molecule has 3 N–H and O–H groups in total. The Kier molecular flexibility index (Phi) is 3.14. The Labute approximate surface area is 175 Å². The number of carbonyl (C=O) groups is 3. The number of esters is 3. The Balaban J connectivity index is 1.75. The van der Waals surface area contributed by atoms with Crippen molar-refractivity contribution < 1.29 is 53.0 Å². The van der Waals surface area contributed by atoms with E-state index in [0.29, 0.717) is 0 Å². The van der Waals surface area contributed by atoms with Gasteiger partial charge in [-0.3, -0.25) is 4.79 Å². The molecular weight excluding hydrogens is 419 g/mol. The number of aliphatic hydroxyl groups excluding tert-OH is 2. The van der Waals surface area contributed by atoms with Crippen molar-refractivity contribution in [2.45, 2.75) is 75.8 Å². The van der Waals surface area contributed by atoms with E-state index in [1.807, 2.05) is 0 Å². The van der Waals surface area contributed by atoms with Crippen LogP contribution in [0.25, 0.3) is 0 Å². The van der Waals surface area contributed by atoms with Gasteiger partial charge in [-0.25, -0.2) is 14.0 Å². The van der Waals surface area contributed by atoms with Gasteiger partial charge in [0.1, 0.15) is 18.4 Å². The van der Waals surface area contributed by atoms with E-state index in [1.54, 1.807) is 20.8 Å². The summed E-state index contributed by atoms with van der Waals surface area (Å²) in [5, 5.41) is 34.5. The minimum atomic E-state index is -2.48. The summed E-state index contributed by atoms with van der Waals surface area (Å²) in [5.74, 6) is -5.65. The molecule has 4 aliphatic heterocycles. The summed E-state index contributed by atoms with van der Waals surface area (Å²) in [5.41, 5.74) is -9.91. The predicted octanol–water partition coefficient (Wildman–Crippen LogP) is -1.42. The lowest BCUT2D eigenvalue weighted by Crippen LogP contribution is -2.67. The van der Waals surface area contributed by atoms with Crippen LogP contribution in [0.3, 0.4) is 0 Å². The highest BCUT2D eigenvalue weighted by Gasteiger charge is 3.05. The number of ether oxygens (including phenoxy) is 4. The van der Waals surface area contributed by atoms with Crippen LogP contribution in [0, 0.1) is 28.1 Å². The van der Waals surface area contributed by atoms with Gasteiger partial charge in [0.05, 0.1) is 16.7 Å². The maximum absolute atomic E-state index is 16.2. The monoisotopic (exact) mass is 442 g/mol. The molecule has 12 unspecified atom stereocenters. The molecule has 0 bridgehead atoms. The smallest absolute Gasteiger partial charge is 0.343 e. The van der Waals surface area contributed by atoms with Gasteiger partial charge in [-0.1, -0.05) is 20.8 Å². The van der Waals surface area contributed by atoms with Gasteiger partial charge in [-0.15, -0.1) is 0 Å². The summed E-state index contributed by atoms with van der Waals surface area (Å²) in [6, 6.07) is 0. The van der Waals surface area contributed by atoms with E-state index < -0.39 is 94.1 Å². The van der Waals surface area contributed by atoms with E-state index in [4.69, 9.17) is 18.9 Å². The van der Waals surface area contributed by atoms with Gasteiger partial charge < -0.3 is 34.3 Å². The van der Waals surface area contributed by atoms with Crippen molar-refractivity contribution in [3.63, 3.8) is 0 Å². The van der Waals surface area contributed by atoms with E-state index >= 15 is 4.39 Å². The molecular formula is C20H23FO10. The molecule has 6 rings (SSSR count). The maximum atomic E-state index is 16.2. The molecule has 12 atom stereocenters. The van der Waals surface area contributed by atoms with Gasteiger partial charge in [0.2, 0.25) is 11.9 Å². The van der Waals surface area contributed by atoms with Gasteiger partial charge in [0.25, 0.3) is 0 Å². The lowest BCUT2D eigenvalue weighted by molar-refractivity contribution is -0.240. The fraction of sp³-hybridized carbons (Fsp3) is 0.850. The summed E-state index contributed by atoms with van der Waals surface area (Å²) in [7, 11) is 0. The molecule has 31 heavy (non-hydrogen) atoms. The Bertz CT molecular complexity index is 962. The number of aliphatic hydroxyl groups is 3. The molecule has 2 aliphatic carbocycles. The molecule has 170 valence electrons. The third kappa shape index (κ3) is 1.43. The lowest BCUT2D eigenvalue weighted by atomic mass is 9.51. The molecule has 6 fully saturated rings. The highest BCUT2D eigenvalue weighted by molar-refractivity contribution is 5.94. The highest BCUT2D eigenvalue weighted by atomic mass is 19.1. The summed E-state index contributed by atoms with van der Waals surface area (Å²) in [4.78, 5) is 38.2. The van der Waals surface area contributed by atoms with Gasteiger partial charge in [-0.05, 0) is 12.3 Å². The summed E-state index contributed by atoms with van der Waals surface area (Å²) < 4.78 is 38.1. The van der Waals surface area contributed by atoms with Crippen LogP contribution >= 0.6 is 0 Å². The van der Waals surface area contributed by atoms with E-state index in [2.05, 4.69) is 0 Å². The van der Waals surface area contributed by atoms with Crippen molar-refractivity contribution in [1.29, 1.82) is 0 Å². The van der Waals surface area contributed by atoms with Crippen molar-refractivity contribution in [3.05, 3.63) is 0 Å². The first kappa shape index (κ1) is 19.8. The third-order valence-electron chi connectivity index (χ3n) is 8.91. The SMILES string of the molecule is CC1C(=O)OC2C(O)C34C5OC(=O)C3(OC3OC(=O)C(O)C34C(C(C)(C)C)C5F)C12O. The van der Waals surface area contributed by atoms with E-state index in [0.717, 1.165) is 0 Å². The van der Waals surface area contributed by atoms with E-state index in [-0.39, 0.29) is 0 Å². The second-order valence-electron chi connectivity index (χ2n) is 10.7. The molecule has 0 aromatic carbocycles. The molecule has 10 nitrogen and oxygen atoms in total. The van der Waals surface area contributed by atoms with Crippen molar-refractivity contribution in [3.8, 4) is 0 Å². The third-order valence-corrected chi connectivity index (χ3v) is 8.91. The minimum Gasteiger partial charge on any atom is -0.456 e. The van der Waals surface area contributed by atoms with E-state index in [9.17, 15) is 29.7 Å². The number of carbonyl (C=O) groups excluding carboxylic acids is 3. The zero-order valence-corrected chi connectivity index (χ0v) is 17.2. The quantitative estimate of drug-likeness (QED) is 0.301. The van der Waals surface area contributed by atoms with Crippen LogP contribution < -0.4 is 0 Å². The molecule has 0 aromatic rings. The first-order valence-electron chi connectivity index (χ1n) is 10.3. The number of halogens is 1. The normalized spacial score (nSPS) is 61.0. The molecule has 6 aliphatic rings. The average Bonchev–Trinajstić information content (AvgIpc) is 3.35. The standard InChI is InChI=1S/C20H23FO10/c1-5-12(24)28-11-8(22)18-10-6(21)7(16(2,3)4)17(18)9(23)13(25)30-15(17)31-20(18,14(26)29-10)19(5,11)27/h5-11,15,22-23,27H,1-4H3. The van der Waals surface area contributed by atoms with Gasteiger partial charge in [-0.2, -0.15) is 0 Å². The van der Waals surface area contributed by atoms with Crippen LogP contribution in [0.15, 0.2) is 0 Å².